The second-order valence-corrected chi connectivity index (χ2v) is 4.75. The van der Waals surface area contributed by atoms with Crippen LogP contribution in [0.1, 0.15) is 0 Å². The van der Waals surface area contributed by atoms with E-state index in [9.17, 15) is 0 Å². The second kappa shape index (κ2) is 3.86. The molecule has 1 aromatic carbocycles. The number of nitrogens with zero attached hydrogens (tertiary/aromatic N) is 1. The van der Waals surface area contributed by atoms with Gasteiger partial charge in [-0.3, -0.25) is 4.98 Å². The number of pyridine rings is 1. The molecule has 0 aliphatic heterocycles. The van der Waals surface area contributed by atoms with Crippen molar-refractivity contribution in [1.82, 2.24) is 4.98 Å². The average molecular weight is 311 g/mol. The van der Waals surface area contributed by atoms with Gasteiger partial charge in [0.15, 0.2) is 0 Å². The summed E-state index contributed by atoms with van der Waals surface area (Å²) in [7, 11) is 0. The Morgan fingerprint density at radius 1 is 1.07 bits per heavy atom. The molecule has 0 saturated carbocycles. The van der Waals surface area contributed by atoms with Crippen LogP contribution in [0.3, 0.4) is 0 Å². The number of hydrogen-bond acceptors (Lipinski definition) is 1. The molecule has 1 nitrogen and oxygen atoms in total. The number of halogens is 4. The molecule has 5 heteroatoms. The quantitative estimate of drug-likeness (QED) is 0.670. The fraction of sp³-hybridized carbons (Fsp3) is 0. The summed E-state index contributed by atoms with van der Waals surface area (Å²) < 4.78 is 0.776. The van der Waals surface area contributed by atoms with Gasteiger partial charge in [0.1, 0.15) is 0 Å². The van der Waals surface area contributed by atoms with Crippen LogP contribution < -0.4 is 0 Å². The SMILES string of the molecule is Clc1cc2ncc(Cl)c(Cl)c2cc1Br. The van der Waals surface area contributed by atoms with E-state index in [1.54, 1.807) is 12.1 Å². The zero-order valence-corrected chi connectivity index (χ0v) is 10.5. The Balaban J connectivity index is 2.89. The average Bonchev–Trinajstić information content (AvgIpc) is 2.15. The van der Waals surface area contributed by atoms with Crippen molar-refractivity contribution >= 4 is 61.6 Å². The topological polar surface area (TPSA) is 12.9 Å². The highest BCUT2D eigenvalue weighted by Gasteiger charge is 2.07. The molecule has 0 saturated heterocycles. The molecule has 14 heavy (non-hydrogen) atoms. The van der Waals surface area contributed by atoms with E-state index in [0.29, 0.717) is 15.1 Å². The van der Waals surface area contributed by atoms with Crippen LogP contribution in [0.25, 0.3) is 10.9 Å². The molecule has 0 aliphatic rings. The number of benzene rings is 1. The number of hydrogen-bond donors (Lipinski definition) is 0. The van der Waals surface area contributed by atoms with Crippen LogP contribution in [0.2, 0.25) is 15.1 Å². The van der Waals surface area contributed by atoms with Crippen molar-refractivity contribution in [3.05, 3.63) is 37.9 Å². The van der Waals surface area contributed by atoms with Gasteiger partial charge in [0.25, 0.3) is 0 Å². The lowest BCUT2D eigenvalue weighted by atomic mass is 10.2. The zero-order valence-electron chi connectivity index (χ0n) is 6.69. The third-order valence-corrected chi connectivity index (χ3v) is 3.79. The van der Waals surface area contributed by atoms with Gasteiger partial charge in [-0.05, 0) is 28.1 Å². The molecule has 0 unspecified atom stereocenters. The van der Waals surface area contributed by atoms with Gasteiger partial charge in [0, 0.05) is 16.1 Å². The maximum Gasteiger partial charge on any atom is 0.0782 e. The summed E-state index contributed by atoms with van der Waals surface area (Å²) >= 11 is 21.1. The van der Waals surface area contributed by atoms with Crippen LogP contribution in [0, 0.1) is 0 Å². The molecular weight excluding hydrogens is 308 g/mol. The van der Waals surface area contributed by atoms with Gasteiger partial charge >= 0.3 is 0 Å². The van der Waals surface area contributed by atoms with E-state index in [1.165, 1.54) is 6.20 Å². The predicted octanol–water partition coefficient (Wildman–Crippen LogP) is 4.96. The van der Waals surface area contributed by atoms with Gasteiger partial charge in [0.05, 0.1) is 20.6 Å². The Kier molecular flexibility index (Phi) is 2.89. The molecule has 0 N–H and O–H groups in total. The lowest BCUT2D eigenvalue weighted by Crippen LogP contribution is -1.82. The summed E-state index contributed by atoms with van der Waals surface area (Å²) in [5, 5.41) is 2.32. The lowest BCUT2D eigenvalue weighted by molar-refractivity contribution is 1.41. The van der Waals surface area contributed by atoms with Crippen LogP contribution in [0.5, 0.6) is 0 Å². The maximum absolute atomic E-state index is 6.01. The van der Waals surface area contributed by atoms with E-state index in [4.69, 9.17) is 34.8 Å². The van der Waals surface area contributed by atoms with Crippen LogP contribution in [-0.4, -0.2) is 4.98 Å². The van der Waals surface area contributed by atoms with Crippen LogP contribution in [0.4, 0.5) is 0 Å². The van der Waals surface area contributed by atoms with E-state index in [2.05, 4.69) is 20.9 Å². The maximum atomic E-state index is 6.01. The second-order valence-electron chi connectivity index (χ2n) is 2.70. The number of fused-ring (bicyclic) bond motifs is 1. The summed E-state index contributed by atoms with van der Waals surface area (Å²) in [6.45, 7) is 0. The largest absolute Gasteiger partial charge is 0.255 e. The van der Waals surface area contributed by atoms with Crippen molar-refractivity contribution in [2.24, 2.45) is 0 Å². The Morgan fingerprint density at radius 2 is 1.79 bits per heavy atom. The third kappa shape index (κ3) is 1.72. The van der Waals surface area contributed by atoms with Crippen molar-refractivity contribution in [2.45, 2.75) is 0 Å². The minimum atomic E-state index is 0.438. The van der Waals surface area contributed by atoms with E-state index in [1.807, 2.05) is 0 Å². The van der Waals surface area contributed by atoms with Crippen molar-refractivity contribution < 1.29 is 0 Å². The molecule has 0 atom stereocenters. The molecule has 0 fully saturated rings. The smallest absolute Gasteiger partial charge is 0.0782 e. The molecule has 72 valence electrons. The molecule has 0 radical (unpaired) electrons. The summed E-state index contributed by atoms with van der Waals surface area (Å²) in [6, 6.07) is 3.54. The van der Waals surface area contributed by atoms with Crippen molar-refractivity contribution in [3.63, 3.8) is 0 Å². The first-order valence-electron chi connectivity index (χ1n) is 3.68. The van der Waals surface area contributed by atoms with Gasteiger partial charge in [-0.1, -0.05) is 34.8 Å². The van der Waals surface area contributed by atoms with Gasteiger partial charge in [-0.2, -0.15) is 0 Å². The molecule has 2 aromatic rings. The Labute approximate surface area is 104 Å². The monoisotopic (exact) mass is 309 g/mol. The summed E-state index contributed by atoms with van der Waals surface area (Å²) in [5.41, 5.74) is 0.729. The predicted molar refractivity (Wildman–Crippen MR) is 64.5 cm³/mol. The molecule has 1 heterocycles. The lowest BCUT2D eigenvalue weighted by Gasteiger charge is -2.03. The Bertz CT molecular complexity index is 513. The van der Waals surface area contributed by atoms with Gasteiger partial charge < -0.3 is 0 Å². The fourth-order valence-electron chi connectivity index (χ4n) is 1.13. The summed E-state index contributed by atoms with van der Waals surface area (Å²) in [4.78, 5) is 4.12. The molecule has 2 rings (SSSR count). The first-order chi connectivity index (χ1) is 6.59. The molecular formula is C9H3BrCl3N. The minimum absolute atomic E-state index is 0.438. The normalized spacial score (nSPS) is 10.9. The van der Waals surface area contributed by atoms with Crippen LogP contribution in [-0.2, 0) is 0 Å². The van der Waals surface area contributed by atoms with Gasteiger partial charge in [-0.25, -0.2) is 0 Å². The zero-order chi connectivity index (χ0) is 10.3. The highest BCUT2D eigenvalue weighted by molar-refractivity contribution is 9.10. The van der Waals surface area contributed by atoms with Crippen LogP contribution >= 0.6 is 50.7 Å². The fourth-order valence-corrected chi connectivity index (χ4v) is 1.98. The molecule has 0 bridgehead atoms. The van der Waals surface area contributed by atoms with Crippen LogP contribution in [0.15, 0.2) is 22.8 Å². The summed E-state index contributed by atoms with van der Waals surface area (Å²) in [6.07, 6.45) is 1.51. The molecule has 0 aliphatic carbocycles. The Hall–Kier alpha value is -0.0200. The van der Waals surface area contributed by atoms with E-state index in [-0.39, 0.29) is 0 Å². The molecule has 0 spiro atoms. The van der Waals surface area contributed by atoms with Crippen molar-refractivity contribution in [3.8, 4) is 0 Å². The highest BCUT2D eigenvalue weighted by atomic mass is 79.9. The van der Waals surface area contributed by atoms with Gasteiger partial charge in [0.2, 0.25) is 0 Å². The van der Waals surface area contributed by atoms with Gasteiger partial charge in [-0.15, -0.1) is 0 Å². The van der Waals surface area contributed by atoms with E-state index >= 15 is 0 Å². The number of aromatic nitrogens is 1. The van der Waals surface area contributed by atoms with E-state index < -0.39 is 0 Å². The van der Waals surface area contributed by atoms with E-state index in [0.717, 1.165) is 15.4 Å². The standard InChI is InChI=1S/C9H3BrCl3N/c10-5-1-4-8(2-6(5)11)14-3-7(12)9(4)13/h1-3H. The molecule has 0 amide bonds. The minimum Gasteiger partial charge on any atom is -0.255 e. The Morgan fingerprint density at radius 3 is 2.50 bits per heavy atom. The first kappa shape index (κ1) is 10.5. The highest BCUT2D eigenvalue weighted by Crippen LogP contribution is 2.34. The van der Waals surface area contributed by atoms with Crippen molar-refractivity contribution in [1.29, 1.82) is 0 Å². The first-order valence-corrected chi connectivity index (χ1v) is 5.61. The third-order valence-electron chi connectivity index (χ3n) is 1.80. The molecule has 1 aromatic heterocycles. The summed E-state index contributed by atoms with van der Waals surface area (Å²) in [5.74, 6) is 0. The number of rotatable bonds is 0. The van der Waals surface area contributed by atoms with Crippen molar-refractivity contribution in [2.75, 3.05) is 0 Å².